The maximum atomic E-state index is 13.8. The molecule has 0 aliphatic rings. The molecule has 1 N–H and O–H groups in total. The third kappa shape index (κ3) is 6.53. The Balaban J connectivity index is 2.05. The number of ketones is 1. The fourth-order valence-electron chi connectivity index (χ4n) is 3.48. The van der Waals surface area contributed by atoms with E-state index in [0.717, 1.165) is 10.6 Å². The molecule has 3 aromatic carbocycles. The lowest BCUT2D eigenvalue weighted by molar-refractivity contribution is -0.131. The minimum absolute atomic E-state index is 0.0449. The molecule has 0 aromatic heterocycles. The molecule has 0 heterocycles. The van der Waals surface area contributed by atoms with Crippen LogP contribution < -0.4 is 9.47 Å². The summed E-state index contributed by atoms with van der Waals surface area (Å²) in [5.74, 6) is -2.28. The van der Waals surface area contributed by atoms with Gasteiger partial charge >= 0.3 is 5.97 Å². The summed E-state index contributed by atoms with van der Waals surface area (Å²) in [6, 6.07) is 15.8. The highest BCUT2D eigenvalue weighted by Gasteiger charge is 2.29. The van der Waals surface area contributed by atoms with Crippen LogP contribution in [0.5, 0.6) is 11.5 Å². The van der Waals surface area contributed by atoms with Crippen molar-refractivity contribution in [3.8, 4) is 11.5 Å². The Labute approximate surface area is 215 Å². The Hall–Kier alpha value is -3.74. The van der Waals surface area contributed by atoms with Crippen molar-refractivity contribution in [1.29, 1.82) is 0 Å². The van der Waals surface area contributed by atoms with Crippen LogP contribution in [0.25, 0.3) is 0 Å². The van der Waals surface area contributed by atoms with E-state index in [4.69, 9.17) is 14.6 Å². The van der Waals surface area contributed by atoms with Crippen molar-refractivity contribution in [2.45, 2.75) is 22.9 Å². The van der Waals surface area contributed by atoms with Crippen molar-refractivity contribution in [3.63, 3.8) is 0 Å². The van der Waals surface area contributed by atoms with Gasteiger partial charge in [0.05, 0.1) is 19.1 Å². The molecule has 0 amide bonds. The molecule has 3 aromatic rings. The molecular formula is C25H25NO9S2. The topological polar surface area (TPSA) is 144 Å². The molecule has 0 saturated heterocycles. The van der Waals surface area contributed by atoms with Crippen molar-refractivity contribution in [3.05, 3.63) is 83.4 Å². The van der Waals surface area contributed by atoms with Gasteiger partial charge in [0.15, 0.2) is 9.84 Å². The van der Waals surface area contributed by atoms with Gasteiger partial charge in [-0.1, -0.05) is 36.4 Å². The summed E-state index contributed by atoms with van der Waals surface area (Å²) in [6.45, 7) is -0.263. The predicted octanol–water partition coefficient (Wildman–Crippen LogP) is 2.77. The molecule has 0 radical (unpaired) electrons. The molecule has 0 fully saturated rings. The van der Waals surface area contributed by atoms with Gasteiger partial charge in [0.25, 0.3) is 5.78 Å². The van der Waals surface area contributed by atoms with Crippen molar-refractivity contribution in [2.24, 2.45) is 0 Å². The van der Waals surface area contributed by atoms with Gasteiger partial charge in [-0.3, -0.25) is 4.79 Å². The van der Waals surface area contributed by atoms with Crippen molar-refractivity contribution in [2.75, 3.05) is 20.5 Å². The first-order valence-electron chi connectivity index (χ1n) is 10.7. The third-order valence-corrected chi connectivity index (χ3v) is 8.41. The number of ether oxygens (including phenoxy) is 2. The number of carbonyl (C=O) groups is 2. The van der Waals surface area contributed by atoms with Gasteiger partial charge in [-0.2, -0.15) is 4.31 Å². The van der Waals surface area contributed by atoms with Crippen molar-refractivity contribution < 1.29 is 41.0 Å². The highest BCUT2D eigenvalue weighted by molar-refractivity contribution is 7.90. The van der Waals surface area contributed by atoms with Gasteiger partial charge in [0, 0.05) is 31.0 Å². The second-order valence-corrected chi connectivity index (χ2v) is 12.0. The second kappa shape index (κ2) is 11.1. The third-order valence-electron chi connectivity index (χ3n) is 5.47. The number of hydrogen-bond donors (Lipinski definition) is 1. The van der Waals surface area contributed by atoms with E-state index < -0.39 is 31.6 Å². The van der Waals surface area contributed by atoms with Crippen LogP contribution in [-0.2, 0) is 37.7 Å². The monoisotopic (exact) mass is 547 g/mol. The quantitative estimate of drug-likeness (QED) is 0.283. The number of sulfonamides is 1. The molecule has 0 aliphatic carbocycles. The summed E-state index contributed by atoms with van der Waals surface area (Å²) >= 11 is 0. The van der Waals surface area contributed by atoms with E-state index in [1.807, 2.05) is 0 Å². The zero-order chi connectivity index (χ0) is 27.4. The van der Waals surface area contributed by atoms with Crippen LogP contribution in [0, 0.1) is 0 Å². The first kappa shape index (κ1) is 27.8. The summed E-state index contributed by atoms with van der Waals surface area (Å²) in [7, 11) is -4.89. The van der Waals surface area contributed by atoms with Crippen LogP contribution in [-0.4, -0.2) is 58.5 Å². The molecule has 0 atom stereocenters. The number of hydrogen-bond acceptors (Lipinski definition) is 8. The zero-order valence-electron chi connectivity index (χ0n) is 20.2. The molecular weight excluding hydrogens is 522 g/mol. The SMILES string of the molecule is COc1ccc(OC)c(S(=O)(=O)N(Cc2ccc(C(=O)C(=O)O)cc2)Cc2ccc(S(C)(=O)=O)cc2)c1. The minimum atomic E-state index is -4.20. The predicted molar refractivity (Wildman–Crippen MR) is 134 cm³/mol. The number of Topliss-reactive ketones (excluding diaryl/α,β-unsaturated/α-hetero) is 1. The molecule has 196 valence electrons. The molecule has 37 heavy (non-hydrogen) atoms. The number of aliphatic carboxylic acids is 1. The van der Waals surface area contributed by atoms with Crippen LogP contribution in [0.2, 0.25) is 0 Å². The van der Waals surface area contributed by atoms with Crippen LogP contribution >= 0.6 is 0 Å². The van der Waals surface area contributed by atoms with E-state index >= 15 is 0 Å². The molecule has 0 aliphatic heterocycles. The molecule has 10 nitrogen and oxygen atoms in total. The average molecular weight is 548 g/mol. The van der Waals surface area contributed by atoms with Gasteiger partial charge < -0.3 is 14.6 Å². The normalized spacial score (nSPS) is 11.8. The molecule has 0 bridgehead atoms. The lowest BCUT2D eigenvalue weighted by Gasteiger charge is -2.24. The fraction of sp³-hybridized carbons (Fsp3) is 0.200. The number of carboxylic acids is 1. The number of sulfone groups is 1. The standard InChI is InChI=1S/C25H25NO9S2/c1-34-20-10-13-22(35-2)23(14-20)37(32,33)26(16-18-6-11-21(12-7-18)36(3,30)31)15-17-4-8-19(9-5-17)24(27)25(28)29/h4-14H,15-16H2,1-3H3,(H,28,29). The smallest absolute Gasteiger partial charge is 0.377 e. The first-order valence-corrected chi connectivity index (χ1v) is 14.1. The molecule has 0 spiro atoms. The number of rotatable bonds is 11. The summed E-state index contributed by atoms with van der Waals surface area (Å²) in [5, 5.41) is 8.91. The second-order valence-electron chi connectivity index (χ2n) is 8.04. The summed E-state index contributed by atoms with van der Waals surface area (Å²) in [6.07, 6.45) is 1.08. The van der Waals surface area contributed by atoms with E-state index in [1.54, 1.807) is 6.07 Å². The van der Waals surface area contributed by atoms with Crippen LogP contribution in [0.1, 0.15) is 21.5 Å². The molecule has 12 heteroatoms. The van der Waals surface area contributed by atoms with E-state index in [9.17, 15) is 26.4 Å². The van der Waals surface area contributed by atoms with Gasteiger partial charge in [0.1, 0.15) is 16.4 Å². The lowest BCUT2D eigenvalue weighted by atomic mass is 10.1. The lowest BCUT2D eigenvalue weighted by Crippen LogP contribution is -2.30. The number of benzene rings is 3. The van der Waals surface area contributed by atoms with Crippen molar-refractivity contribution in [1.82, 2.24) is 4.31 Å². The van der Waals surface area contributed by atoms with E-state index in [1.165, 1.54) is 74.9 Å². The maximum absolute atomic E-state index is 13.8. The zero-order valence-corrected chi connectivity index (χ0v) is 21.9. The number of nitrogens with zero attached hydrogens (tertiary/aromatic N) is 1. The fourth-order valence-corrected chi connectivity index (χ4v) is 5.70. The largest absolute Gasteiger partial charge is 0.497 e. The van der Waals surface area contributed by atoms with Gasteiger partial charge in [0.2, 0.25) is 10.0 Å². The maximum Gasteiger partial charge on any atom is 0.377 e. The van der Waals surface area contributed by atoms with E-state index in [0.29, 0.717) is 16.9 Å². The summed E-state index contributed by atoms with van der Waals surface area (Å²) in [4.78, 5) is 22.6. The Bertz CT molecular complexity index is 1510. The summed E-state index contributed by atoms with van der Waals surface area (Å²) < 4.78 is 62.9. The van der Waals surface area contributed by atoms with Gasteiger partial charge in [-0.15, -0.1) is 0 Å². The van der Waals surface area contributed by atoms with Gasteiger partial charge in [-0.25, -0.2) is 21.6 Å². The Kier molecular flexibility index (Phi) is 8.36. The minimum Gasteiger partial charge on any atom is -0.497 e. The molecule has 0 unspecified atom stereocenters. The molecule has 0 saturated carbocycles. The molecule has 3 rings (SSSR count). The summed E-state index contributed by atoms with van der Waals surface area (Å²) in [5.41, 5.74) is 0.965. The average Bonchev–Trinajstić information content (AvgIpc) is 2.87. The first-order chi connectivity index (χ1) is 17.4. The Morgan fingerprint density at radius 3 is 1.81 bits per heavy atom. The Morgan fingerprint density at radius 1 is 0.811 bits per heavy atom. The van der Waals surface area contributed by atoms with Crippen LogP contribution in [0.3, 0.4) is 0 Å². The highest BCUT2D eigenvalue weighted by atomic mass is 32.2. The van der Waals surface area contributed by atoms with E-state index in [2.05, 4.69) is 0 Å². The Morgan fingerprint density at radius 2 is 1.35 bits per heavy atom. The van der Waals surface area contributed by atoms with E-state index in [-0.39, 0.29) is 34.2 Å². The van der Waals surface area contributed by atoms with Gasteiger partial charge in [-0.05, 0) is 35.4 Å². The van der Waals surface area contributed by atoms with Crippen molar-refractivity contribution >= 4 is 31.6 Å². The highest BCUT2D eigenvalue weighted by Crippen LogP contribution is 2.32. The number of carbonyl (C=O) groups excluding carboxylic acids is 1. The van der Waals surface area contributed by atoms with Crippen LogP contribution in [0.15, 0.2) is 76.5 Å². The number of methoxy groups -OCH3 is 2. The van der Waals surface area contributed by atoms with Crippen LogP contribution in [0.4, 0.5) is 0 Å². The number of carboxylic acid groups (broad SMARTS) is 1.